The summed E-state index contributed by atoms with van der Waals surface area (Å²) in [7, 11) is 0. The molecular formula is C19H38O2SSn. The Hall–Kier alpha value is 0.619. The Labute approximate surface area is 169 Å². The summed E-state index contributed by atoms with van der Waals surface area (Å²) < 4.78 is 0. The minimum atomic E-state index is -1.06. The van der Waals surface area contributed by atoms with E-state index in [9.17, 15) is 9.90 Å². The molecule has 8 radical (unpaired) electrons. The molecule has 0 aromatic carbocycles. The molecule has 0 bridgehead atoms. The van der Waals surface area contributed by atoms with E-state index in [2.05, 4.69) is 40.3 Å². The molecule has 0 aromatic rings. The molecule has 0 N–H and O–H groups in total. The molecule has 0 aliphatic heterocycles. The molecule has 0 atom stereocenters. The van der Waals surface area contributed by atoms with Crippen LogP contribution in [-0.4, -0.2) is 35.6 Å². The molecule has 0 aromatic heterocycles. The SMILES string of the molecule is [CH2]CCCCCCC.[CH2]CCCCCCC.[O]C(=O)CC[S].[Sn]. The van der Waals surface area contributed by atoms with E-state index >= 15 is 0 Å². The van der Waals surface area contributed by atoms with Crippen molar-refractivity contribution in [3.8, 4) is 0 Å². The van der Waals surface area contributed by atoms with Crippen LogP contribution in [0.4, 0.5) is 0 Å². The molecule has 0 aliphatic carbocycles. The standard InChI is InChI=1S/2C8H17.C3H4O2S.Sn/c2*1-3-5-7-8-6-4-2;4-3(5)1-2-6;/h2*1,3-8H2,2H3;1-2H2;. The molecule has 0 heterocycles. The van der Waals surface area contributed by atoms with Gasteiger partial charge in [-0.2, -0.15) is 0 Å². The maximum Gasteiger partial charge on any atom is 0.356 e. The van der Waals surface area contributed by atoms with Crippen LogP contribution in [0.2, 0.25) is 0 Å². The molecule has 23 heavy (non-hydrogen) atoms. The topological polar surface area (TPSA) is 37.0 Å². The van der Waals surface area contributed by atoms with Crippen molar-refractivity contribution in [2.24, 2.45) is 0 Å². The van der Waals surface area contributed by atoms with Crippen LogP contribution in [0.5, 0.6) is 0 Å². The second kappa shape index (κ2) is 34.1. The third-order valence-corrected chi connectivity index (χ3v) is 3.22. The van der Waals surface area contributed by atoms with Gasteiger partial charge in [0.2, 0.25) is 0 Å². The Bertz CT molecular complexity index is 166. The van der Waals surface area contributed by atoms with Crippen molar-refractivity contribution in [3.63, 3.8) is 0 Å². The summed E-state index contributed by atoms with van der Waals surface area (Å²) in [5.41, 5.74) is 0. The molecule has 0 fully saturated rings. The van der Waals surface area contributed by atoms with Crippen molar-refractivity contribution >= 4 is 42.5 Å². The van der Waals surface area contributed by atoms with Gasteiger partial charge >= 0.3 is 5.97 Å². The fraction of sp³-hybridized carbons (Fsp3) is 0.842. The van der Waals surface area contributed by atoms with Gasteiger partial charge in [-0.1, -0.05) is 117 Å². The van der Waals surface area contributed by atoms with Crippen LogP contribution in [0.25, 0.3) is 0 Å². The van der Waals surface area contributed by atoms with Crippen molar-refractivity contribution in [3.05, 3.63) is 13.8 Å². The van der Waals surface area contributed by atoms with Crippen LogP contribution in [0.3, 0.4) is 0 Å². The Morgan fingerprint density at radius 2 is 1.13 bits per heavy atom. The summed E-state index contributed by atoms with van der Waals surface area (Å²) in [5.74, 6) is -0.812. The van der Waals surface area contributed by atoms with E-state index < -0.39 is 5.97 Å². The fourth-order valence-electron chi connectivity index (χ4n) is 1.64. The monoisotopic (exact) mass is 450 g/mol. The summed E-state index contributed by atoms with van der Waals surface area (Å²) in [4.78, 5) is 9.42. The minimum Gasteiger partial charge on any atom is -0.247 e. The molecule has 4 heteroatoms. The fourth-order valence-corrected chi connectivity index (χ4v) is 1.81. The quantitative estimate of drug-likeness (QED) is 0.247. The molecule has 0 amide bonds. The molecule has 0 saturated carbocycles. The third-order valence-electron chi connectivity index (χ3n) is 3.01. The Morgan fingerprint density at radius 1 is 0.783 bits per heavy atom. The number of rotatable bonds is 12. The number of unbranched alkanes of at least 4 members (excludes halogenated alkanes) is 10. The van der Waals surface area contributed by atoms with Crippen LogP contribution >= 0.6 is 12.6 Å². The maximum absolute atomic E-state index is 9.42. The molecule has 0 unspecified atom stereocenters. The first-order chi connectivity index (χ1) is 10.6. The second-order valence-corrected chi connectivity index (χ2v) is 5.77. The van der Waals surface area contributed by atoms with E-state index in [4.69, 9.17) is 0 Å². The zero-order chi connectivity index (χ0) is 17.5. The van der Waals surface area contributed by atoms with Crippen molar-refractivity contribution in [2.75, 3.05) is 5.75 Å². The third kappa shape index (κ3) is 51.8. The average Bonchev–Trinajstić information content (AvgIpc) is 2.49. The minimum absolute atomic E-state index is 0. The van der Waals surface area contributed by atoms with E-state index in [-0.39, 0.29) is 36.1 Å². The van der Waals surface area contributed by atoms with E-state index in [1.807, 2.05) is 0 Å². The van der Waals surface area contributed by atoms with Gasteiger partial charge in [0.05, 0.1) is 6.42 Å². The van der Waals surface area contributed by atoms with Gasteiger partial charge < -0.3 is 0 Å². The Kier molecular flexibility index (Phi) is 46.5. The van der Waals surface area contributed by atoms with Crippen molar-refractivity contribution in [1.82, 2.24) is 0 Å². The van der Waals surface area contributed by atoms with Gasteiger partial charge in [0.1, 0.15) is 0 Å². The summed E-state index contributed by atoms with van der Waals surface area (Å²) in [5, 5.41) is 9.42. The maximum atomic E-state index is 9.42. The summed E-state index contributed by atoms with van der Waals surface area (Å²) in [6, 6.07) is 0. The van der Waals surface area contributed by atoms with Crippen LogP contribution in [0.1, 0.15) is 97.3 Å². The van der Waals surface area contributed by atoms with Gasteiger partial charge in [0.15, 0.2) is 0 Å². The molecule has 0 spiro atoms. The zero-order valence-electron chi connectivity index (χ0n) is 15.5. The Morgan fingerprint density at radius 3 is 1.30 bits per heavy atom. The summed E-state index contributed by atoms with van der Waals surface area (Å²) in [6.45, 7) is 12.0. The van der Waals surface area contributed by atoms with E-state index in [1.165, 1.54) is 64.2 Å². The zero-order valence-corrected chi connectivity index (χ0v) is 19.2. The van der Waals surface area contributed by atoms with E-state index in [1.54, 1.807) is 0 Å². The first-order valence-corrected chi connectivity index (χ1v) is 9.54. The Balaban J connectivity index is -0.000000117. The summed E-state index contributed by atoms with van der Waals surface area (Å²) >= 11 is 4.31. The average molecular weight is 449 g/mol. The first-order valence-electron chi connectivity index (χ1n) is 8.96. The van der Waals surface area contributed by atoms with Crippen molar-refractivity contribution in [1.29, 1.82) is 0 Å². The molecule has 136 valence electrons. The number of carbonyl (C=O) groups excluding carboxylic acids is 1. The van der Waals surface area contributed by atoms with Crippen LogP contribution in [-0.2, 0) is 9.90 Å². The first kappa shape index (κ1) is 31.4. The largest absolute Gasteiger partial charge is 0.356 e. The number of carbonyl (C=O) groups is 1. The number of hydrogen-bond donors (Lipinski definition) is 0. The molecule has 0 rings (SSSR count). The van der Waals surface area contributed by atoms with Crippen molar-refractivity contribution in [2.45, 2.75) is 97.3 Å². The predicted molar refractivity (Wildman–Crippen MR) is 106 cm³/mol. The van der Waals surface area contributed by atoms with E-state index in [0.717, 1.165) is 12.8 Å². The second-order valence-electron chi connectivity index (χ2n) is 5.36. The normalized spacial score (nSPS) is 8.91. The van der Waals surface area contributed by atoms with Gasteiger partial charge in [-0.25, -0.2) is 9.90 Å². The molecule has 0 aliphatic rings. The number of hydrogen-bond acceptors (Lipinski definition) is 1. The van der Waals surface area contributed by atoms with E-state index in [0.29, 0.717) is 0 Å². The molecule has 0 saturated heterocycles. The van der Waals surface area contributed by atoms with Gasteiger partial charge in [-0.05, 0) is 0 Å². The van der Waals surface area contributed by atoms with Crippen LogP contribution in [0.15, 0.2) is 0 Å². The van der Waals surface area contributed by atoms with Crippen LogP contribution < -0.4 is 0 Å². The van der Waals surface area contributed by atoms with Gasteiger partial charge in [0.25, 0.3) is 0 Å². The van der Waals surface area contributed by atoms with Gasteiger partial charge in [-0.3, -0.25) is 0 Å². The van der Waals surface area contributed by atoms with Gasteiger partial charge in [0, 0.05) is 29.7 Å². The molecular weight excluding hydrogens is 411 g/mol. The summed E-state index contributed by atoms with van der Waals surface area (Å²) in [6.07, 6.45) is 15.9. The molecule has 2 nitrogen and oxygen atoms in total. The van der Waals surface area contributed by atoms with Crippen LogP contribution in [0, 0.1) is 13.8 Å². The van der Waals surface area contributed by atoms with Crippen molar-refractivity contribution < 1.29 is 9.90 Å². The van der Waals surface area contributed by atoms with Gasteiger partial charge in [-0.15, -0.1) is 0 Å². The predicted octanol–water partition coefficient (Wildman–Crippen LogP) is 6.51. The smallest absolute Gasteiger partial charge is 0.247 e.